The third-order valence-corrected chi connectivity index (χ3v) is 2.60. The molecule has 1 aliphatic heterocycles. The third kappa shape index (κ3) is 2.40. The summed E-state index contributed by atoms with van der Waals surface area (Å²) in [5.74, 6) is -0.234. The van der Waals surface area contributed by atoms with Gasteiger partial charge >= 0.3 is 0 Å². The van der Waals surface area contributed by atoms with Gasteiger partial charge in [-0.2, -0.15) is 5.10 Å². The van der Waals surface area contributed by atoms with Crippen LogP contribution in [0.3, 0.4) is 0 Å². The van der Waals surface area contributed by atoms with E-state index in [2.05, 4.69) is 10.4 Å². The summed E-state index contributed by atoms with van der Waals surface area (Å²) in [7, 11) is 1.75. The Morgan fingerprint density at radius 3 is 3.19 bits per heavy atom. The van der Waals surface area contributed by atoms with Gasteiger partial charge in [-0.3, -0.25) is 9.48 Å². The molecule has 2 rings (SSSR count). The van der Waals surface area contributed by atoms with E-state index in [1.54, 1.807) is 17.9 Å². The summed E-state index contributed by atoms with van der Waals surface area (Å²) < 4.78 is 6.76. The third-order valence-electron chi connectivity index (χ3n) is 2.60. The summed E-state index contributed by atoms with van der Waals surface area (Å²) in [6.07, 6.45) is 3.14. The first-order valence-corrected chi connectivity index (χ1v) is 5.22. The van der Waals surface area contributed by atoms with Gasteiger partial charge < -0.3 is 15.2 Å². The van der Waals surface area contributed by atoms with Gasteiger partial charge in [0, 0.05) is 19.9 Å². The van der Waals surface area contributed by atoms with Crippen molar-refractivity contribution in [3.8, 4) is 0 Å². The number of aromatic nitrogens is 2. The largest absolute Gasteiger partial charge is 0.391 e. The Labute approximate surface area is 93.2 Å². The number of nitrogens with zero attached hydrogens (tertiary/aromatic N) is 2. The molecule has 0 aliphatic carbocycles. The van der Waals surface area contributed by atoms with Crippen LogP contribution in [0.5, 0.6) is 0 Å². The zero-order valence-electron chi connectivity index (χ0n) is 9.09. The Morgan fingerprint density at radius 1 is 1.75 bits per heavy atom. The van der Waals surface area contributed by atoms with Crippen LogP contribution in [0.15, 0.2) is 12.4 Å². The van der Waals surface area contributed by atoms with Gasteiger partial charge in [0.05, 0.1) is 30.5 Å². The van der Waals surface area contributed by atoms with Crippen LogP contribution in [0.2, 0.25) is 0 Å². The van der Waals surface area contributed by atoms with Crippen molar-refractivity contribution in [1.82, 2.24) is 15.1 Å². The minimum absolute atomic E-state index is 0.234. The lowest BCUT2D eigenvalue weighted by atomic mass is 10.1. The van der Waals surface area contributed by atoms with Gasteiger partial charge in [0.25, 0.3) is 5.91 Å². The first-order chi connectivity index (χ1) is 7.66. The van der Waals surface area contributed by atoms with Crippen LogP contribution in [0, 0.1) is 0 Å². The van der Waals surface area contributed by atoms with Crippen molar-refractivity contribution in [2.45, 2.75) is 18.6 Å². The molecule has 2 atom stereocenters. The van der Waals surface area contributed by atoms with E-state index in [-0.39, 0.29) is 11.9 Å². The summed E-state index contributed by atoms with van der Waals surface area (Å²) in [6.45, 7) is 0.896. The predicted molar refractivity (Wildman–Crippen MR) is 55.9 cm³/mol. The van der Waals surface area contributed by atoms with Crippen molar-refractivity contribution in [2.24, 2.45) is 7.05 Å². The summed E-state index contributed by atoms with van der Waals surface area (Å²) in [4.78, 5) is 11.7. The topological polar surface area (TPSA) is 76.4 Å². The maximum atomic E-state index is 11.7. The minimum Gasteiger partial charge on any atom is -0.391 e. The Kier molecular flexibility index (Phi) is 3.21. The number of amides is 1. The highest BCUT2D eigenvalue weighted by Crippen LogP contribution is 2.08. The molecule has 1 amide bonds. The number of aryl methyl sites for hydroxylation is 1. The standard InChI is InChI=1S/C10H15N3O3/c1-13-5-7(4-11-13)10(15)12-8-6-16-3-2-9(8)14/h4-5,8-9,14H,2-3,6H2,1H3,(H,12,15)/t8-,9-/m1/s1. The van der Waals surface area contributed by atoms with Crippen molar-refractivity contribution in [2.75, 3.05) is 13.2 Å². The molecule has 1 aromatic rings. The highest BCUT2D eigenvalue weighted by molar-refractivity contribution is 5.93. The van der Waals surface area contributed by atoms with Crippen molar-refractivity contribution >= 4 is 5.91 Å². The number of rotatable bonds is 2. The molecule has 0 spiro atoms. The number of hydrogen-bond donors (Lipinski definition) is 2. The number of hydrogen-bond acceptors (Lipinski definition) is 4. The van der Waals surface area contributed by atoms with Crippen molar-refractivity contribution in [1.29, 1.82) is 0 Å². The summed E-state index contributed by atoms with van der Waals surface area (Å²) >= 11 is 0. The number of carbonyl (C=O) groups is 1. The first-order valence-electron chi connectivity index (χ1n) is 5.22. The Morgan fingerprint density at radius 2 is 2.56 bits per heavy atom. The second-order valence-electron chi connectivity index (χ2n) is 3.91. The molecule has 2 N–H and O–H groups in total. The number of ether oxygens (including phenoxy) is 1. The number of aliphatic hydroxyl groups is 1. The van der Waals surface area contributed by atoms with Crippen LogP contribution in [-0.2, 0) is 11.8 Å². The van der Waals surface area contributed by atoms with Crippen LogP contribution < -0.4 is 5.32 Å². The van der Waals surface area contributed by atoms with E-state index in [0.717, 1.165) is 0 Å². The fourth-order valence-electron chi connectivity index (χ4n) is 1.65. The fraction of sp³-hybridized carbons (Fsp3) is 0.600. The first kappa shape index (κ1) is 11.1. The monoisotopic (exact) mass is 225 g/mol. The normalized spacial score (nSPS) is 25.4. The highest BCUT2D eigenvalue weighted by atomic mass is 16.5. The van der Waals surface area contributed by atoms with E-state index in [4.69, 9.17) is 4.74 Å². The van der Waals surface area contributed by atoms with Crippen LogP contribution >= 0.6 is 0 Å². The van der Waals surface area contributed by atoms with E-state index < -0.39 is 6.10 Å². The van der Waals surface area contributed by atoms with Gasteiger partial charge in [-0.05, 0) is 6.42 Å². The highest BCUT2D eigenvalue weighted by Gasteiger charge is 2.25. The van der Waals surface area contributed by atoms with Crippen molar-refractivity contribution in [3.05, 3.63) is 18.0 Å². The van der Waals surface area contributed by atoms with E-state index in [1.807, 2.05) is 0 Å². The number of nitrogens with one attached hydrogen (secondary N) is 1. The summed E-state index contributed by atoms with van der Waals surface area (Å²) in [6, 6.07) is -0.332. The molecule has 6 nitrogen and oxygen atoms in total. The van der Waals surface area contributed by atoms with E-state index in [0.29, 0.717) is 25.2 Å². The molecule has 1 saturated heterocycles. The molecule has 0 unspecified atom stereocenters. The quantitative estimate of drug-likeness (QED) is 0.697. The lowest BCUT2D eigenvalue weighted by Gasteiger charge is -2.28. The molecule has 6 heteroatoms. The van der Waals surface area contributed by atoms with Crippen molar-refractivity contribution in [3.63, 3.8) is 0 Å². The molecular weight excluding hydrogens is 210 g/mol. The van der Waals surface area contributed by atoms with Crippen LogP contribution in [0.1, 0.15) is 16.8 Å². The summed E-state index contributed by atoms with van der Waals surface area (Å²) in [5.41, 5.74) is 0.486. The molecule has 2 heterocycles. The molecule has 1 aliphatic rings. The van der Waals surface area contributed by atoms with Crippen molar-refractivity contribution < 1.29 is 14.6 Å². The molecule has 0 saturated carbocycles. The Hall–Kier alpha value is -1.40. The van der Waals surface area contributed by atoms with E-state index >= 15 is 0 Å². The molecule has 16 heavy (non-hydrogen) atoms. The van der Waals surface area contributed by atoms with Gasteiger partial charge in [0.15, 0.2) is 0 Å². The molecular formula is C10H15N3O3. The minimum atomic E-state index is -0.533. The number of carbonyl (C=O) groups excluding carboxylic acids is 1. The van der Waals surface area contributed by atoms with Gasteiger partial charge in [0.2, 0.25) is 0 Å². The number of aliphatic hydroxyl groups excluding tert-OH is 1. The lowest BCUT2D eigenvalue weighted by molar-refractivity contribution is -0.0140. The second kappa shape index (κ2) is 4.63. The molecule has 0 bridgehead atoms. The maximum absolute atomic E-state index is 11.7. The maximum Gasteiger partial charge on any atom is 0.254 e. The van der Waals surface area contributed by atoms with Crippen LogP contribution in [0.25, 0.3) is 0 Å². The average molecular weight is 225 g/mol. The van der Waals surface area contributed by atoms with E-state index in [9.17, 15) is 9.90 Å². The van der Waals surface area contributed by atoms with Crippen LogP contribution in [0.4, 0.5) is 0 Å². The van der Waals surface area contributed by atoms with Gasteiger partial charge in [-0.1, -0.05) is 0 Å². The average Bonchev–Trinajstić information content (AvgIpc) is 2.68. The molecule has 1 aromatic heterocycles. The SMILES string of the molecule is Cn1cc(C(=O)N[C@@H]2COCC[C@H]2O)cn1. The molecule has 88 valence electrons. The van der Waals surface area contributed by atoms with Crippen LogP contribution in [-0.4, -0.2) is 46.2 Å². The van der Waals surface area contributed by atoms with Gasteiger partial charge in [0.1, 0.15) is 0 Å². The Bertz CT molecular complexity index is 377. The molecule has 0 radical (unpaired) electrons. The molecule has 0 aromatic carbocycles. The molecule has 1 fully saturated rings. The fourth-order valence-corrected chi connectivity index (χ4v) is 1.65. The zero-order chi connectivity index (χ0) is 11.5. The summed E-state index contributed by atoms with van der Waals surface area (Å²) in [5, 5.41) is 16.3. The Balaban J connectivity index is 1.96. The second-order valence-corrected chi connectivity index (χ2v) is 3.91. The predicted octanol–water partition coefficient (Wildman–Crippen LogP) is -0.700. The van der Waals surface area contributed by atoms with E-state index in [1.165, 1.54) is 6.20 Å². The smallest absolute Gasteiger partial charge is 0.254 e. The lowest BCUT2D eigenvalue weighted by Crippen LogP contribution is -2.49. The van der Waals surface area contributed by atoms with Gasteiger partial charge in [-0.25, -0.2) is 0 Å². The zero-order valence-corrected chi connectivity index (χ0v) is 9.09. The van der Waals surface area contributed by atoms with Gasteiger partial charge in [-0.15, -0.1) is 0 Å².